The van der Waals surface area contributed by atoms with Gasteiger partial charge in [-0.05, 0) is 49.4 Å². The van der Waals surface area contributed by atoms with Crippen LogP contribution in [-0.2, 0) is 4.79 Å². The van der Waals surface area contributed by atoms with Crippen LogP contribution < -0.4 is 5.32 Å². The molecule has 0 aliphatic carbocycles. The lowest BCUT2D eigenvalue weighted by Crippen LogP contribution is -2.26. The van der Waals surface area contributed by atoms with Crippen LogP contribution in [0, 0.1) is 12.8 Å². The fraction of sp³-hybridized carbons (Fsp3) is 0.533. The van der Waals surface area contributed by atoms with Gasteiger partial charge >= 0.3 is 0 Å². The molecule has 3 nitrogen and oxygen atoms in total. The molecule has 0 aliphatic heterocycles. The van der Waals surface area contributed by atoms with Crippen molar-refractivity contribution < 1.29 is 9.90 Å². The Morgan fingerprint density at radius 2 is 2.25 bits per heavy atom. The molecule has 0 saturated heterocycles. The van der Waals surface area contributed by atoms with Crippen molar-refractivity contribution in [3.63, 3.8) is 0 Å². The first kappa shape index (κ1) is 17.5. The van der Waals surface area contributed by atoms with Crippen molar-refractivity contribution >= 4 is 33.6 Å². The summed E-state index contributed by atoms with van der Waals surface area (Å²) in [4.78, 5) is 12.9. The van der Waals surface area contributed by atoms with Crippen molar-refractivity contribution in [2.75, 3.05) is 18.9 Å². The van der Waals surface area contributed by atoms with Gasteiger partial charge in [0, 0.05) is 22.5 Å². The van der Waals surface area contributed by atoms with Crippen LogP contribution in [0.1, 0.15) is 25.3 Å². The predicted octanol–water partition coefficient (Wildman–Crippen LogP) is 3.37. The van der Waals surface area contributed by atoms with E-state index in [9.17, 15) is 4.79 Å². The summed E-state index contributed by atoms with van der Waals surface area (Å²) in [5.41, 5.74) is 1.17. The number of aliphatic hydroxyl groups is 1. The van der Waals surface area contributed by atoms with Crippen molar-refractivity contribution in [3.8, 4) is 0 Å². The fourth-order valence-corrected chi connectivity index (χ4v) is 3.05. The summed E-state index contributed by atoms with van der Waals surface area (Å²) in [6, 6.07) is 6.07. The van der Waals surface area contributed by atoms with Crippen LogP contribution in [-0.4, -0.2) is 29.9 Å². The van der Waals surface area contributed by atoms with E-state index < -0.39 is 0 Å². The molecule has 112 valence electrons. The van der Waals surface area contributed by atoms with Crippen molar-refractivity contribution in [1.82, 2.24) is 5.32 Å². The summed E-state index contributed by atoms with van der Waals surface area (Å²) in [5.74, 6) is 0.818. The van der Waals surface area contributed by atoms with E-state index in [-0.39, 0.29) is 12.5 Å². The molecular weight excluding hydrogens is 338 g/mol. The highest BCUT2D eigenvalue weighted by atomic mass is 79.9. The zero-order valence-electron chi connectivity index (χ0n) is 12.0. The Balaban J connectivity index is 2.23. The molecule has 0 heterocycles. The molecule has 1 aromatic rings. The molecule has 1 aromatic carbocycles. The molecule has 0 aromatic heterocycles. The Hall–Kier alpha value is -0.520. The number of hydrogen-bond acceptors (Lipinski definition) is 3. The van der Waals surface area contributed by atoms with Gasteiger partial charge in [0.05, 0.1) is 5.75 Å². The zero-order valence-corrected chi connectivity index (χ0v) is 14.4. The second-order valence-corrected chi connectivity index (χ2v) is 6.91. The summed E-state index contributed by atoms with van der Waals surface area (Å²) < 4.78 is 1.06. The molecule has 0 aliphatic rings. The largest absolute Gasteiger partial charge is 0.396 e. The average molecular weight is 360 g/mol. The van der Waals surface area contributed by atoms with Crippen LogP contribution in [0.5, 0.6) is 0 Å². The number of rotatable bonds is 8. The molecule has 1 amide bonds. The van der Waals surface area contributed by atoms with Gasteiger partial charge in [-0.15, -0.1) is 11.8 Å². The number of carbonyl (C=O) groups is 1. The minimum absolute atomic E-state index is 0.0639. The first-order valence-corrected chi connectivity index (χ1v) is 8.57. The van der Waals surface area contributed by atoms with Crippen molar-refractivity contribution in [3.05, 3.63) is 28.2 Å². The lowest BCUT2D eigenvalue weighted by molar-refractivity contribution is -0.118. The van der Waals surface area contributed by atoms with Crippen molar-refractivity contribution in [1.29, 1.82) is 0 Å². The Bertz CT molecular complexity index is 440. The Kier molecular flexibility index (Phi) is 8.26. The number of aryl methyl sites for hydroxylation is 1. The number of benzene rings is 1. The van der Waals surface area contributed by atoms with Gasteiger partial charge < -0.3 is 10.4 Å². The Morgan fingerprint density at radius 3 is 2.90 bits per heavy atom. The Morgan fingerprint density at radius 1 is 1.50 bits per heavy atom. The SMILES string of the molecule is Cc1cc(Br)ccc1SCC(=O)NCCCC(C)CO. The first-order valence-electron chi connectivity index (χ1n) is 6.79. The fourth-order valence-electron chi connectivity index (χ4n) is 1.74. The summed E-state index contributed by atoms with van der Waals surface area (Å²) in [5, 5.41) is 11.8. The molecule has 0 saturated carbocycles. The highest BCUT2D eigenvalue weighted by molar-refractivity contribution is 9.10. The number of aliphatic hydroxyl groups excluding tert-OH is 1. The third kappa shape index (κ3) is 6.77. The summed E-state index contributed by atoms with van der Waals surface area (Å²) >= 11 is 4.99. The highest BCUT2D eigenvalue weighted by Crippen LogP contribution is 2.25. The van der Waals surface area contributed by atoms with E-state index in [2.05, 4.69) is 27.3 Å². The van der Waals surface area contributed by atoms with Crippen molar-refractivity contribution in [2.24, 2.45) is 5.92 Å². The first-order chi connectivity index (χ1) is 9.52. The van der Waals surface area contributed by atoms with E-state index in [1.54, 1.807) is 11.8 Å². The minimum atomic E-state index is 0.0639. The number of amides is 1. The number of nitrogens with one attached hydrogen (secondary N) is 1. The molecule has 20 heavy (non-hydrogen) atoms. The third-order valence-electron chi connectivity index (χ3n) is 3.00. The molecule has 2 N–H and O–H groups in total. The molecular formula is C15H22BrNO2S. The summed E-state index contributed by atoms with van der Waals surface area (Å²) in [7, 11) is 0. The molecule has 5 heteroatoms. The highest BCUT2D eigenvalue weighted by Gasteiger charge is 2.05. The van der Waals surface area contributed by atoms with Gasteiger partial charge in [0.1, 0.15) is 0 Å². The van der Waals surface area contributed by atoms with E-state index in [1.807, 2.05) is 26.0 Å². The van der Waals surface area contributed by atoms with Gasteiger partial charge in [-0.2, -0.15) is 0 Å². The molecule has 1 unspecified atom stereocenters. The third-order valence-corrected chi connectivity index (χ3v) is 4.67. The monoisotopic (exact) mass is 359 g/mol. The quantitative estimate of drug-likeness (QED) is 0.552. The summed E-state index contributed by atoms with van der Waals surface area (Å²) in [6.07, 6.45) is 1.85. The molecule has 0 radical (unpaired) electrons. The minimum Gasteiger partial charge on any atom is -0.396 e. The van der Waals surface area contributed by atoms with Crippen molar-refractivity contribution in [2.45, 2.75) is 31.6 Å². The zero-order chi connectivity index (χ0) is 15.0. The van der Waals surface area contributed by atoms with Crippen LogP contribution in [0.2, 0.25) is 0 Å². The van der Waals surface area contributed by atoms with E-state index >= 15 is 0 Å². The van der Waals surface area contributed by atoms with Crippen LogP contribution >= 0.6 is 27.7 Å². The number of thioether (sulfide) groups is 1. The smallest absolute Gasteiger partial charge is 0.230 e. The van der Waals surface area contributed by atoms with Crippen LogP contribution in [0.3, 0.4) is 0 Å². The van der Waals surface area contributed by atoms with Gasteiger partial charge in [0.2, 0.25) is 5.91 Å². The standard InChI is InChI=1S/C15H22BrNO2S/c1-11(9-18)4-3-7-17-15(19)10-20-14-6-5-13(16)8-12(14)2/h5-6,8,11,18H,3-4,7,9-10H2,1-2H3,(H,17,19). The van der Waals surface area contributed by atoms with Gasteiger partial charge in [-0.25, -0.2) is 0 Å². The molecule has 0 bridgehead atoms. The topological polar surface area (TPSA) is 49.3 Å². The van der Waals surface area contributed by atoms with E-state index in [0.717, 1.165) is 22.2 Å². The molecule has 0 spiro atoms. The number of carbonyl (C=O) groups excluding carboxylic acids is 1. The summed E-state index contributed by atoms with van der Waals surface area (Å²) in [6.45, 7) is 4.95. The van der Waals surface area contributed by atoms with E-state index in [0.29, 0.717) is 18.2 Å². The second kappa shape index (κ2) is 9.42. The lowest BCUT2D eigenvalue weighted by atomic mass is 10.1. The van der Waals surface area contributed by atoms with Gasteiger partial charge in [0.15, 0.2) is 0 Å². The molecule has 0 fully saturated rings. The van der Waals surface area contributed by atoms with Gasteiger partial charge in [-0.1, -0.05) is 22.9 Å². The van der Waals surface area contributed by atoms with Crippen LogP contribution in [0.4, 0.5) is 0 Å². The average Bonchev–Trinajstić information content (AvgIpc) is 2.42. The van der Waals surface area contributed by atoms with Crippen LogP contribution in [0.15, 0.2) is 27.6 Å². The maximum Gasteiger partial charge on any atom is 0.230 e. The van der Waals surface area contributed by atoms with Crippen LogP contribution in [0.25, 0.3) is 0 Å². The lowest BCUT2D eigenvalue weighted by Gasteiger charge is -2.09. The normalized spacial score (nSPS) is 12.2. The number of hydrogen-bond donors (Lipinski definition) is 2. The van der Waals surface area contributed by atoms with Gasteiger partial charge in [-0.3, -0.25) is 4.79 Å². The maximum atomic E-state index is 11.7. The number of halogens is 1. The van der Waals surface area contributed by atoms with E-state index in [1.165, 1.54) is 5.56 Å². The maximum absolute atomic E-state index is 11.7. The predicted molar refractivity (Wildman–Crippen MR) is 88.1 cm³/mol. The second-order valence-electron chi connectivity index (χ2n) is 4.98. The molecule has 1 rings (SSSR count). The molecule has 1 atom stereocenters. The Labute approximate surface area is 133 Å². The van der Waals surface area contributed by atoms with Gasteiger partial charge in [0.25, 0.3) is 0 Å². The van der Waals surface area contributed by atoms with E-state index in [4.69, 9.17) is 5.11 Å².